The normalized spacial score (nSPS) is 10.6. The maximum atomic E-state index is 12.1. The number of amides is 1. The molecule has 106 valence electrons. The van der Waals surface area contributed by atoms with E-state index in [4.69, 9.17) is 11.6 Å². The van der Waals surface area contributed by atoms with Crippen LogP contribution in [0.4, 0.5) is 0 Å². The highest BCUT2D eigenvalue weighted by Crippen LogP contribution is 2.15. The molecule has 1 heterocycles. The van der Waals surface area contributed by atoms with Gasteiger partial charge in [0.15, 0.2) is 0 Å². The summed E-state index contributed by atoms with van der Waals surface area (Å²) in [7, 11) is 0. The van der Waals surface area contributed by atoms with Gasteiger partial charge in [-0.3, -0.25) is 9.48 Å². The lowest BCUT2D eigenvalue weighted by atomic mass is 10.1. The summed E-state index contributed by atoms with van der Waals surface area (Å²) in [5, 5.41) is 7.60. The van der Waals surface area contributed by atoms with Crippen LogP contribution in [0.2, 0.25) is 5.02 Å². The summed E-state index contributed by atoms with van der Waals surface area (Å²) in [5.41, 5.74) is 3.76. The SMILES string of the molecule is CCn1ncc(Cl)c1CNC(=O)c1ccc(C)c(C)c1. The number of hydrogen-bond donors (Lipinski definition) is 1. The Morgan fingerprint density at radius 1 is 1.35 bits per heavy atom. The molecule has 1 amide bonds. The monoisotopic (exact) mass is 291 g/mol. The second-order valence-electron chi connectivity index (χ2n) is 4.74. The molecule has 20 heavy (non-hydrogen) atoms. The predicted molar refractivity (Wildman–Crippen MR) is 80.0 cm³/mol. The molecule has 0 saturated carbocycles. The molecule has 1 aromatic carbocycles. The van der Waals surface area contributed by atoms with Crippen molar-refractivity contribution in [3.63, 3.8) is 0 Å². The molecule has 0 saturated heterocycles. The number of rotatable bonds is 4. The quantitative estimate of drug-likeness (QED) is 0.941. The molecule has 0 aliphatic heterocycles. The van der Waals surface area contributed by atoms with Gasteiger partial charge in [0.05, 0.1) is 23.5 Å². The second kappa shape index (κ2) is 6.09. The first-order valence-corrected chi connectivity index (χ1v) is 6.96. The molecule has 0 atom stereocenters. The van der Waals surface area contributed by atoms with Crippen molar-refractivity contribution in [1.29, 1.82) is 0 Å². The fourth-order valence-corrected chi connectivity index (χ4v) is 2.19. The molecule has 0 bridgehead atoms. The van der Waals surface area contributed by atoms with E-state index in [-0.39, 0.29) is 5.91 Å². The number of nitrogens with zero attached hydrogens (tertiary/aromatic N) is 2. The standard InChI is InChI=1S/C15H18ClN3O/c1-4-19-14(13(16)8-18-19)9-17-15(20)12-6-5-10(2)11(3)7-12/h5-8H,4,9H2,1-3H3,(H,17,20). The average molecular weight is 292 g/mol. The molecule has 0 aliphatic rings. The highest BCUT2D eigenvalue weighted by molar-refractivity contribution is 6.31. The van der Waals surface area contributed by atoms with Gasteiger partial charge in [-0.15, -0.1) is 0 Å². The zero-order chi connectivity index (χ0) is 14.7. The van der Waals surface area contributed by atoms with Gasteiger partial charge in [-0.1, -0.05) is 17.7 Å². The topological polar surface area (TPSA) is 46.9 Å². The molecule has 1 N–H and O–H groups in total. The first-order chi connectivity index (χ1) is 9.52. The van der Waals surface area contributed by atoms with Crippen LogP contribution in [-0.2, 0) is 13.1 Å². The van der Waals surface area contributed by atoms with Crippen LogP contribution in [0.15, 0.2) is 24.4 Å². The molecule has 0 fully saturated rings. The van der Waals surface area contributed by atoms with E-state index in [0.29, 0.717) is 17.1 Å². The summed E-state index contributed by atoms with van der Waals surface area (Å²) in [5.74, 6) is -0.104. The Kier molecular flexibility index (Phi) is 4.45. The van der Waals surface area contributed by atoms with Crippen LogP contribution in [0, 0.1) is 13.8 Å². The van der Waals surface area contributed by atoms with Crippen LogP contribution in [0.1, 0.15) is 34.1 Å². The molecule has 5 heteroatoms. The molecule has 4 nitrogen and oxygen atoms in total. The fraction of sp³-hybridized carbons (Fsp3) is 0.333. The molecule has 1 aromatic heterocycles. The summed E-state index contributed by atoms with van der Waals surface area (Å²) >= 11 is 6.06. The highest BCUT2D eigenvalue weighted by atomic mass is 35.5. The van der Waals surface area contributed by atoms with Crippen molar-refractivity contribution in [3.05, 3.63) is 51.8 Å². The van der Waals surface area contributed by atoms with E-state index in [2.05, 4.69) is 10.4 Å². The third-order valence-electron chi connectivity index (χ3n) is 3.38. The zero-order valence-electron chi connectivity index (χ0n) is 11.9. The third kappa shape index (κ3) is 3.02. The largest absolute Gasteiger partial charge is 0.346 e. The minimum absolute atomic E-state index is 0.104. The number of benzene rings is 1. The predicted octanol–water partition coefficient (Wildman–Crippen LogP) is 3.10. The van der Waals surface area contributed by atoms with Gasteiger partial charge in [0.25, 0.3) is 5.91 Å². The van der Waals surface area contributed by atoms with Gasteiger partial charge in [-0.05, 0) is 44.0 Å². The number of aryl methyl sites for hydroxylation is 3. The third-order valence-corrected chi connectivity index (χ3v) is 3.70. The summed E-state index contributed by atoms with van der Waals surface area (Å²) in [6.45, 7) is 7.10. The fourth-order valence-electron chi connectivity index (χ4n) is 1.98. The average Bonchev–Trinajstić information content (AvgIpc) is 2.79. The maximum Gasteiger partial charge on any atom is 0.251 e. The van der Waals surface area contributed by atoms with Crippen molar-refractivity contribution in [2.24, 2.45) is 0 Å². The highest BCUT2D eigenvalue weighted by Gasteiger charge is 2.11. The molecule has 0 aliphatic carbocycles. The molecule has 0 unspecified atom stereocenters. The Morgan fingerprint density at radius 2 is 2.10 bits per heavy atom. The Morgan fingerprint density at radius 3 is 2.75 bits per heavy atom. The summed E-state index contributed by atoms with van der Waals surface area (Å²) in [6, 6.07) is 5.67. The Bertz CT molecular complexity index is 634. The van der Waals surface area contributed by atoms with Gasteiger partial charge in [0, 0.05) is 12.1 Å². The number of nitrogens with one attached hydrogen (secondary N) is 1. The van der Waals surface area contributed by atoms with E-state index in [9.17, 15) is 4.79 Å². The minimum Gasteiger partial charge on any atom is -0.346 e. The van der Waals surface area contributed by atoms with Crippen molar-refractivity contribution in [2.45, 2.75) is 33.9 Å². The van der Waals surface area contributed by atoms with Crippen LogP contribution in [0.5, 0.6) is 0 Å². The number of aromatic nitrogens is 2. The maximum absolute atomic E-state index is 12.1. The van der Waals surface area contributed by atoms with Gasteiger partial charge in [-0.2, -0.15) is 5.10 Å². The van der Waals surface area contributed by atoms with Gasteiger partial charge < -0.3 is 5.32 Å². The molecule has 0 radical (unpaired) electrons. The molecular weight excluding hydrogens is 274 g/mol. The Labute approximate surface area is 123 Å². The lowest BCUT2D eigenvalue weighted by molar-refractivity contribution is 0.0950. The second-order valence-corrected chi connectivity index (χ2v) is 5.14. The summed E-state index contributed by atoms with van der Waals surface area (Å²) < 4.78 is 1.78. The zero-order valence-corrected chi connectivity index (χ0v) is 12.7. The lowest BCUT2D eigenvalue weighted by Crippen LogP contribution is -2.24. The van der Waals surface area contributed by atoms with Crippen molar-refractivity contribution < 1.29 is 4.79 Å². The van der Waals surface area contributed by atoms with Crippen molar-refractivity contribution in [3.8, 4) is 0 Å². The summed E-state index contributed by atoms with van der Waals surface area (Å²) in [4.78, 5) is 12.1. The lowest BCUT2D eigenvalue weighted by Gasteiger charge is -2.09. The van der Waals surface area contributed by atoms with Gasteiger partial charge >= 0.3 is 0 Å². The van der Waals surface area contributed by atoms with Gasteiger partial charge in [0.1, 0.15) is 0 Å². The van der Waals surface area contributed by atoms with Crippen LogP contribution in [0.25, 0.3) is 0 Å². The molecule has 2 aromatic rings. The minimum atomic E-state index is -0.104. The Hall–Kier alpha value is -1.81. The number of carbonyl (C=O) groups excluding carboxylic acids is 1. The summed E-state index contributed by atoms with van der Waals surface area (Å²) in [6.07, 6.45) is 1.60. The smallest absolute Gasteiger partial charge is 0.251 e. The number of carbonyl (C=O) groups is 1. The van der Waals surface area contributed by atoms with Crippen molar-refractivity contribution in [2.75, 3.05) is 0 Å². The Balaban J connectivity index is 2.08. The van der Waals surface area contributed by atoms with E-state index >= 15 is 0 Å². The molecule has 2 rings (SSSR count). The molecule has 0 spiro atoms. The van der Waals surface area contributed by atoms with E-state index in [1.165, 1.54) is 5.56 Å². The van der Waals surface area contributed by atoms with Crippen LogP contribution in [-0.4, -0.2) is 15.7 Å². The first-order valence-electron chi connectivity index (χ1n) is 6.58. The van der Waals surface area contributed by atoms with E-state index < -0.39 is 0 Å². The van der Waals surface area contributed by atoms with Gasteiger partial charge in [0.2, 0.25) is 0 Å². The molecular formula is C15H18ClN3O. The number of hydrogen-bond acceptors (Lipinski definition) is 2. The van der Waals surface area contributed by atoms with Gasteiger partial charge in [-0.25, -0.2) is 0 Å². The van der Waals surface area contributed by atoms with Crippen LogP contribution >= 0.6 is 11.6 Å². The van der Waals surface area contributed by atoms with Crippen LogP contribution in [0.3, 0.4) is 0 Å². The van der Waals surface area contributed by atoms with E-state index in [1.54, 1.807) is 10.9 Å². The van der Waals surface area contributed by atoms with Crippen molar-refractivity contribution >= 4 is 17.5 Å². The first kappa shape index (κ1) is 14.6. The van der Waals surface area contributed by atoms with Crippen molar-refractivity contribution in [1.82, 2.24) is 15.1 Å². The van der Waals surface area contributed by atoms with E-state index in [0.717, 1.165) is 17.8 Å². The van der Waals surface area contributed by atoms with Crippen LogP contribution < -0.4 is 5.32 Å². The number of halogens is 1. The van der Waals surface area contributed by atoms with E-state index in [1.807, 2.05) is 39.0 Å².